The normalized spacial score (nSPS) is 10.4. The second kappa shape index (κ2) is 4.53. The van der Waals surface area contributed by atoms with Crippen LogP contribution in [0.25, 0.3) is 0 Å². The van der Waals surface area contributed by atoms with Crippen LogP contribution < -0.4 is 4.74 Å². The number of aromatic amines is 1. The number of rotatable bonds is 3. The topological polar surface area (TPSA) is 29.9 Å². The van der Waals surface area contributed by atoms with Gasteiger partial charge in [0.25, 0.3) is 0 Å². The van der Waals surface area contributed by atoms with E-state index >= 15 is 0 Å². The van der Waals surface area contributed by atoms with E-state index < -0.39 is 0 Å². The average Bonchev–Trinajstić information content (AvgIpc) is 2.61. The number of imidazole rings is 1. The number of benzene rings is 1. The average molecular weight is 234 g/mol. The standard InChI is InChI=1S/C12H14N2OS/c1-9-7-13-12(16)14(9)8-10-4-3-5-11(6-10)15-2/h3-7H,8H2,1-2H3,(H,13,16). The highest BCUT2D eigenvalue weighted by molar-refractivity contribution is 7.71. The van der Waals surface area contributed by atoms with Crippen molar-refractivity contribution >= 4 is 12.2 Å². The molecule has 84 valence electrons. The molecule has 0 radical (unpaired) electrons. The number of aryl methyl sites for hydroxylation is 1. The van der Waals surface area contributed by atoms with Crippen LogP contribution in [0.5, 0.6) is 5.75 Å². The number of aromatic nitrogens is 2. The van der Waals surface area contributed by atoms with E-state index in [0.29, 0.717) is 0 Å². The van der Waals surface area contributed by atoms with Crippen LogP contribution in [0.4, 0.5) is 0 Å². The van der Waals surface area contributed by atoms with E-state index in [1.54, 1.807) is 7.11 Å². The van der Waals surface area contributed by atoms with Gasteiger partial charge in [-0.05, 0) is 36.8 Å². The van der Waals surface area contributed by atoms with Gasteiger partial charge in [0.05, 0.1) is 13.7 Å². The molecule has 0 bridgehead atoms. The molecular formula is C12H14N2OS. The Morgan fingerprint density at radius 1 is 1.44 bits per heavy atom. The largest absolute Gasteiger partial charge is 0.497 e. The maximum Gasteiger partial charge on any atom is 0.177 e. The number of H-pyrrole nitrogens is 1. The second-order valence-electron chi connectivity index (χ2n) is 3.67. The monoisotopic (exact) mass is 234 g/mol. The first kappa shape index (κ1) is 11.0. The van der Waals surface area contributed by atoms with Crippen LogP contribution in [0.3, 0.4) is 0 Å². The van der Waals surface area contributed by atoms with Crippen LogP contribution in [0, 0.1) is 11.7 Å². The van der Waals surface area contributed by atoms with Crippen molar-refractivity contribution < 1.29 is 4.74 Å². The Morgan fingerprint density at radius 3 is 2.88 bits per heavy atom. The summed E-state index contributed by atoms with van der Waals surface area (Å²) in [4.78, 5) is 3.03. The van der Waals surface area contributed by atoms with Crippen molar-refractivity contribution in [3.8, 4) is 5.75 Å². The van der Waals surface area contributed by atoms with E-state index in [1.165, 1.54) is 5.56 Å². The van der Waals surface area contributed by atoms with E-state index in [0.717, 1.165) is 22.8 Å². The van der Waals surface area contributed by atoms with Gasteiger partial charge < -0.3 is 14.3 Å². The molecule has 0 aliphatic carbocycles. The molecule has 0 aliphatic rings. The lowest BCUT2D eigenvalue weighted by molar-refractivity contribution is 0.414. The van der Waals surface area contributed by atoms with E-state index in [1.807, 2.05) is 31.3 Å². The molecule has 0 aliphatic heterocycles. The molecule has 0 amide bonds. The summed E-state index contributed by atoms with van der Waals surface area (Å²) in [5, 5.41) is 0. The van der Waals surface area contributed by atoms with Crippen LogP contribution in [0.1, 0.15) is 11.3 Å². The van der Waals surface area contributed by atoms with Gasteiger partial charge in [0, 0.05) is 11.9 Å². The van der Waals surface area contributed by atoms with Gasteiger partial charge in [-0.1, -0.05) is 12.1 Å². The maximum atomic E-state index is 5.21. The smallest absolute Gasteiger partial charge is 0.177 e. The summed E-state index contributed by atoms with van der Waals surface area (Å²) in [6.45, 7) is 2.80. The zero-order valence-electron chi connectivity index (χ0n) is 9.36. The molecule has 1 heterocycles. The lowest BCUT2D eigenvalue weighted by atomic mass is 10.2. The third kappa shape index (κ3) is 2.17. The summed E-state index contributed by atoms with van der Waals surface area (Å²) in [6, 6.07) is 8.01. The number of hydrogen-bond donors (Lipinski definition) is 1. The number of methoxy groups -OCH3 is 1. The maximum absolute atomic E-state index is 5.21. The van der Waals surface area contributed by atoms with E-state index in [4.69, 9.17) is 17.0 Å². The summed E-state index contributed by atoms with van der Waals surface area (Å²) < 4.78 is 8.00. The van der Waals surface area contributed by atoms with Crippen molar-refractivity contribution in [2.45, 2.75) is 13.5 Å². The molecule has 16 heavy (non-hydrogen) atoms. The highest BCUT2D eigenvalue weighted by Crippen LogP contribution is 2.14. The molecular weight excluding hydrogens is 220 g/mol. The Kier molecular flexibility index (Phi) is 3.10. The zero-order valence-corrected chi connectivity index (χ0v) is 10.2. The van der Waals surface area contributed by atoms with Crippen LogP contribution in [0.2, 0.25) is 0 Å². The highest BCUT2D eigenvalue weighted by atomic mass is 32.1. The van der Waals surface area contributed by atoms with E-state index in [2.05, 4.69) is 15.6 Å². The highest BCUT2D eigenvalue weighted by Gasteiger charge is 2.01. The summed E-state index contributed by atoms with van der Waals surface area (Å²) >= 11 is 5.21. The van der Waals surface area contributed by atoms with Crippen molar-refractivity contribution in [3.63, 3.8) is 0 Å². The van der Waals surface area contributed by atoms with Crippen LogP contribution in [0.15, 0.2) is 30.5 Å². The predicted octanol–water partition coefficient (Wildman–Crippen LogP) is 2.91. The third-order valence-corrected chi connectivity index (χ3v) is 2.89. The van der Waals surface area contributed by atoms with Crippen LogP contribution in [-0.2, 0) is 6.54 Å². The molecule has 3 nitrogen and oxygen atoms in total. The second-order valence-corrected chi connectivity index (χ2v) is 4.06. The number of ether oxygens (including phenoxy) is 1. The van der Waals surface area contributed by atoms with Crippen LogP contribution >= 0.6 is 12.2 Å². The first-order valence-corrected chi connectivity index (χ1v) is 5.49. The van der Waals surface area contributed by atoms with Crippen molar-refractivity contribution in [3.05, 3.63) is 46.5 Å². The molecule has 2 aromatic rings. The quantitative estimate of drug-likeness (QED) is 0.828. The van der Waals surface area contributed by atoms with Crippen molar-refractivity contribution in [1.82, 2.24) is 9.55 Å². The molecule has 0 saturated heterocycles. The first-order chi connectivity index (χ1) is 7.70. The molecule has 1 aromatic heterocycles. The molecule has 0 fully saturated rings. The summed E-state index contributed by atoms with van der Waals surface area (Å²) in [7, 11) is 1.67. The van der Waals surface area contributed by atoms with Gasteiger partial charge in [0.15, 0.2) is 4.77 Å². The SMILES string of the molecule is COc1cccc(Cn2c(C)c[nH]c2=S)c1. The molecule has 0 atom stereocenters. The zero-order chi connectivity index (χ0) is 11.5. The van der Waals surface area contributed by atoms with Gasteiger partial charge in [-0.25, -0.2) is 0 Å². The Hall–Kier alpha value is -1.55. The molecule has 0 unspecified atom stereocenters. The van der Waals surface area contributed by atoms with Gasteiger partial charge in [0.1, 0.15) is 5.75 Å². The van der Waals surface area contributed by atoms with E-state index in [-0.39, 0.29) is 0 Å². The fourth-order valence-corrected chi connectivity index (χ4v) is 1.90. The van der Waals surface area contributed by atoms with Gasteiger partial charge in [0.2, 0.25) is 0 Å². The van der Waals surface area contributed by atoms with Crippen molar-refractivity contribution in [1.29, 1.82) is 0 Å². The fraction of sp³-hybridized carbons (Fsp3) is 0.250. The van der Waals surface area contributed by atoms with Gasteiger partial charge in [-0.15, -0.1) is 0 Å². The molecule has 1 N–H and O–H groups in total. The Labute approximate surface area is 99.7 Å². The number of nitrogens with one attached hydrogen (secondary N) is 1. The molecule has 2 rings (SSSR count). The van der Waals surface area contributed by atoms with Gasteiger partial charge in [-0.2, -0.15) is 0 Å². The minimum atomic E-state index is 0.750. The summed E-state index contributed by atoms with van der Waals surface area (Å²) in [5.74, 6) is 0.872. The molecule has 4 heteroatoms. The minimum Gasteiger partial charge on any atom is -0.497 e. The number of nitrogens with zero attached hydrogens (tertiary/aromatic N) is 1. The Morgan fingerprint density at radius 2 is 2.25 bits per heavy atom. The fourth-order valence-electron chi connectivity index (χ4n) is 1.63. The van der Waals surface area contributed by atoms with Gasteiger partial charge in [-0.3, -0.25) is 0 Å². The minimum absolute atomic E-state index is 0.750. The summed E-state index contributed by atoms with van der Waals surface area (Å²) in [5.41, 5.74) is 2.31. The van der Waals surface area contributed by atoms with Crippen molar-refractivity contribution in [2.75, 3.05) is 7.11 Å². The lowest BCUT2D eigenvalue weighted by Gasteiger charge is -2.07. The third-order valence-electron chi connectivity index (χ3n) is 2.55. The van der Waals surface area contributed by atoms with Crippen molar-refractivity contribution in [2.24, 2.45) is 0 Å². The Balaban J connectivity index is 2.30. The molecule has 1 aromatic carbocycles. The summed E-state index contributed by atoms with van der Waals surface area (Å²) in [6.07, 6.45) is 1.92. The molecule has 0 saturated carbocycles. The Bertz CT molecular complexity index is 542. The van der Waals surface area contributed by atoms with Gasteiger partial charge >= 0.3 is 0 Å². The molecule has 0 spiro atoms. The van der Waals surface area contributed by atoms with Crippen LogP contribution in [-0.4, -0.2) is 16.7 Å². The predicted molar refractivity (Wildman–Crippen MR) is 66.4 cm³/mol. The van der Waals surface area contributed by atoms with E-state index in [9.17, 15) is 0 Å². The first-order valence-electron chi connectivity index (χ1n) is 5.08. The number of hydrogen-bond acceptors (Lipinski definition) is 2. The lowest BCUT2D eigenvalue weighted by Crippen LogP contribution is -2.01.